The van der Waals surface area contributed by atoms with Crippen molar-refractivity contribution in [1.29, 1.82) is 0 Å². The number of carbonyl (C=O) groups is 1. The van der Waals surface area contributed by atoms with Crippen LogP contribution in [-0.2, 0) is 14.0 Å². The third-order valence-electron chi connectivity index (χ3n) is 4.66. The zero-order valence-electron chi connectivity index (χ0n) is 15.5. The van der Waals surface area contributed by atoms with Gasteiger partial charge in [-0.15, -0.1) is 0 Å². The van der Waals surface area contributed by atoms with E-state index in [1.165, 1.54) is 7.11 Å². The van der Waals surface area contributed by atoms with E-state index in [0.717, 1.165) is 12.8 Å². The van der Waals surface area contributed by atoms with Gasteiger partial charge >= 0.3 is 5.97 Å². The van der Waals surface area contributed by atoms with Crippen molar-refractivity contribution in [2.75, 3.05) is 13.7 Å². The van der Waals surface area contributed by atoms with Crippen molar-refractivity contribution in [3.63, 3.8) is 0 Å². The molecule has 0 radical (unpaired) electrons. The van der Waals surface area contributed by atoms with Crippen LogP contribution in [0, 0.1) is 5.92 Å². The number of ether oxygens (including phenoxy) is 1. The molecule has 0 heterocycles. The Morgan fingerprint density at radius 1 is 1.32 bits per heavy atom. The highest BCUT2D eigenvalue weighted by atomic mass is 28.4. The minimum atomic E-state index is -1.82. The summed E-state index contributed by atoms with van der Waals surface area (Å²) in [5.74, 6) is -0.166. The molecular weight excluding hydrogens is 296 g/mol. The van der Waals surface area contributed by atoms with Gasteiger partial charge in [0.05, 0.1) is 19.8 Å². The molecule has 5 heteroatoms. The molecular formula is C17H34O4Si. The van der Waals surface area contributed by atoms with Crippen molar-refractivity contribution in [2.24, 2.45) is 5.92 Å². The maximum atomic E-state index is 11.3. The predicted octanol–water partition coefficient (Wildman–Crippen LogP) is 3.90. The van der Waals surface area contributed by atoms with Gasteiger partial charge in [0.15, 0.2) is 8.32 Å². The van der Waals surface area contributed by atoms with Gasteiger partial charge in [0.25, 0.3) is 0 Å². The van der Waals surface area contributed by atoms with E-state index in [1.54, 1.807) is 6.92 Å². The van der Waals surface area contributed by atoms with Gasteiger partial charge in [0.2, 0.25) is 0 Å². The van der Waals surface area contributed by atoms with E-state index < -0.39 is 14.4 Å². The second kappa shape index (κ2) is 8.84. The Bertz CT molecular complexity index is 383. The van der Waals surface area contributed by atoms with Crippen LogP contribution in [0.3, 0.4) is 0 Å². The summed E-state index contributed by atoms with van der Waals surface area (Å²) >= 11 is 0. The van der Waals surface area contributed by atoms with Crippen LogP contribution < -0.4 is 0 Å². The fraction of sp³-hybridized carbons (Fsp3) is 0.824. The first-order valence-corrected chi connectivity index (χ1v) is 10.9. The van der Waals surface area contributed by atoms with Gasteiger partial charge in [0, 0.05) is 5.57 Å². The monoisotopic (exact) mass is 330 g/mol. The number of hydrogen-bond donors (Lipinski definition) is 1. The van der Waals surface area contributed by atoms with E-state index in [1.807, 2.05) is 13.0 Å². The number of aliphatic hydroxyl groups excluding tert-OH is 1. The Balaban J connectivity index is 4.29. The second-order valence-corrected chi connectivity index (χ2v) is 12.4. The van der Waals surface area contributed by atoms with Gasteiger partial charge < -0.3 is 14.3 Å². The molecule has 0 aromatic rings. The molecule has 0 bridgehead atoms. The quantitative estimate of drug-likeness (QED) is 0.416. The first-order chi connectivity index (χ1) is 9.92. The fourth-order valence-corrected chi connectivity index (χ4v) is 2.69. The Morgan fingerprint density at radius 2 is 1.86 bits per heavy atom. The highest BCUT2D eigenvalue weighted by Crippen LogP contribution is 2.36. The first-order valence-electron chi connectivity index (χ1n) is 7.99. The Morgan fingerprint density at radius 3 is 2.32 bits per heavy atom. The van der Waals surface area contributed by atoms with Crippen LogP contribution in [0.4, 0.5) is 0 Å². The maximum Gasteiger partial charge on any atom is 0.333 e. The van der Waals surface area contributed by atoms with Gasteiger partial charge in [0.1, 0.15) is 0 Å². The highest BCUT2D eigenvalue weighted by molar-refractivity contribution is 6.74. The smallest absolute Gasteiger partial charge is 0.333 e. The second-order valence-electron chi connectivity index (χ2n) is 7.57. The van der Waals surface area contributed by atoms with Crippen LogP contribution in [0.25, 0.3) is 0 Å². The molecule has 0 fully saturated rings. The lowest BCUT2D eigenvalue weighted by atomic mass is 9.99. The molecule has 2 atom stereocenters. The Labute approximate surface area is 137 Å². The Kier molecular flexibility index (Phi) is 8.58. The van der Waals surface area contributed by atoms with E-state index >= 15 is 0 Å². The third kappa shape index (κ3) is 7.07. The lowest BCUT2D eigenvalue weighted by molar-refractivity contribution is -0.136. The number of esters is 1. The topological polar surface area (TPSA) is 55.8 Å². The van der Waals surface area contributed by atoms with E-state index in [4.69, 9.17) is 4.43 Å². The molecule has 0 spiro atoms. The average Bonchev–Trinajstić information content (AvgIpc) is 2.42. The molecule has 0 rings (SSSR count). The molecule has 0 saturated heterocycles. The van der Waals surface area contributed by atoms with E-state index in [-0.39, 0.29) is 16.9 Å². The minimum absolute atomic E-state index is 0.131. The normalized spacial score (nSPS) is 16.3. The minimum Gasteiger partial charge on any atom is -0.466 e. The van der Waals surface area contributed by atoms with Crippen LogP contribution in [0.1, 0.15) is 47.5 Å². The molecule has 22 heavy (non-hydrogen) atoms. The summed E-state index contributed by atoms with van der Waals surface area (Å²) in [7, 11) is -0.436. The molecule has 0 unspecified atom stereocenters. The number of carbonyl (C=O) groups excluding carboxylic acids is 1. The molecule has 0 aromatic carbocycles. The fourth-order valence-electron chi connectivity index (χ4n) is 1.67. The summed E-state index contributed by atoms with van der Waals surface area (Å²) in [5.41, 5.74) is 0.613. The van der Waals surface area contributed by atoms with Crippen LogP contribution in [0.15, 0.2) is 11.6 Å². The van der Waals surface area contributed by atoms with E-state index in [9.17, 15) is 9.90 Å². The number of hydrogen-bond acceptors (Lipinski definition) is 4. The molecule has 0 aliphatic heterocycles. The zero-order valence-corrected chi connectivity index (χ0v) is 16.5. The van der Waals surface area contributed by atoms with E-state index in [2.05, 4.69) is 38.6 Å². The van der Waals surface area contributed by atoms with Crippen LogP contribution in [-0.4, -0.2) is 39.2 Å². The van der Waals surface area contributed by atoms with Gasteiger partial charge in [-0.25, -0.2) is 4.79 Å². The summed E-state index contributed by atoms with van der Waals surface area (Å²) in [6.07, 6.45) is 2.96. The summed E-state index contributed by atoms with van der Waals surface area (Å²) in [4.78, 5) is 11.3. The van der Waals surface area contributed by atoms with Gasteiger partial charge in [-0.3, -0.25) is 0 Å². The van der Waals surface area contributed by atoms with Gasteiger partial charge in [-0.1, -0.05) is 33.8 Å². The number of methoxy groups -OCH3 is 1. The third-order valence-corrected chi connectivity index (χ3v) is 9.16. The van der Waals surface area contributed by atoms with Crippen molar-refractivity contribution in [3.05, 3.63) is 11.6 Å². The van der Waals surface area contributed by atoms with Crippen molar-refractivity contribution >= 4 is 14.3 Å². The largest absolute Gasteiger partial charge is 0.466 e. The summed E-state index contributed by atoms with van der Waals surface area (Å²) in [6, 6.07) is 0. The van der Waals surface area contributed by atoms with Gasteiger partial charge in [-0.05, 0) is 43.8 Å². The number of aliphatic hydroxyl groups is 1. The molecule has 0 aromatic heterocycles. The highest BCUT2D eigenvalue weighted by Gasteiger charge is 2.37. The standard InChI is InChI=1S/C17H34O4Si/c1-13(10-9-11-14(2)16(19)20-6)15(18)12-21-22(7,8)17(3,4)5/h11,13,15,18H,9-10,12H2,1-8H3/b14-11+/t13-,15+/m0/s1. The molecule has 1 N–H and O–H groups in total. The predicted molar refractivity (Wildman–Crippen MR) is 93.3 cm³/mol. The van der Waals surface area contributed by atoms with Gasteiger partial charge in [-0.2, -0.15) is 0 Å². The Hall–Kier alpha value is -0.653. The average molecular weight is 331 g/mol. The summed E-state index contributed by atoms with van der Waals surface area (Å²) in [6.45, 7) is 15.1. The van der Waals surface area contributed by atoms with E-state index in [0.29, 0.717) is 12.2 Å². The van der Waals surface area contributed by atoms with Crippen LogP contribution in [0.2, 0.25) is 18.1 Å². The SMILES string of the molecule is COC(=O)/C(C)=C/CC[C@H](C)[C@H](O)CO[Si](C)(C)C(C)(C)C. The number of rotatable bonds is 8. The molecule has 0 amide bonds. The lowest BCUT2D eigenvalue weighted by Crippen LogP contribution is -2.43. The first kappa shape index (κ1) is 21.3. The number of allylic oxidation sites excluding steroid dienone is 1. The molecule has 0 saturated carbocycles. The molecule has 130 valence electrons. The van der Waals surface area contributed by atoms with Crippen LogP contribution in [0.5, 0.6) is 0 Å². The summed E-state index contributed by atoms with van der Waals surface area (Å²) < 4.78 is 10.7. The summed E-state index contributed by atoms with van der Waals surface area (Å²) in [5, 5.41) is 10.4. The molecule has 4 nitrogen and oxygen atoms in total. The molecule has 0 aliphatic rings. The van der Waals surface area contributed by atoms with Crippen molar-refractivity contribution in [2.45, 2.75) is 71.7 Å². The van der Waals surface area contributed by atoms with Crippen LogP contribution >= 0.6 is 0 Å². The van der Waals surface area contributed by atoms with Crippen molar-refractivity contribution in [1.82, 2.24) is 0 Å². The lowest BCUT2D eigenvalue weighted by Gasteiger charge is -2.37. The maximum absolute atomic E-state index is 11.3. The van der Waals surface area contributed by atoms with Crippen molar-refractivity contribution in [3.8, 4) is 0 Å². The van der Waals surface area contributed by atoms with Crippen molar-refractivity contribution < 1.29 is 19.1 Å². The molecule has 0 aliphatic carbocycles. The zero-order chi connectivity index (χ0) is 17.6.